The van der Waals surface area contributed by atoms with Crippen LogP contribution in [0.25, 0.3) is 0 Å². The van der Waals surface area contributed by atoms with E-state index in [0.29, 0.717) is 17.7 Å². The summed E-state index contributed by atoms with van der Waals surface area (Å²) in [5.41, 5.74) is 2.20. The van der Waals surface area contributed by atoms with E-state index in [4.69, 9.17) is 0 Å². The van der Waals surface area contributed by atoms with Gasteiger partial charge in [0.05, 0.1) is 0 Å². The number of benzene rings is 3. The molecule has 0 heterocycles. The lowest BCUT2D eigenvalue weighted by molar-refractivity contribution is 0.0950. The van der Waals surface area contributed by atoms with Crippen molar-refractivity contribution in [3.05, 3.63) is 102 Å². The summed E-state index contributed by atoms with van der Waals surface area (Å²) < 4.78 is 0. The summed E-state index contributed by atoms with van der Waals surface area (Å²) in [5, 5.41) is 2.89. The Balaban J connectivity index is 1.69. The van der Waals surface area contributed by atoms with Crippen LogP contribution in [0.1, 0.15) is 26.3 Å². The molecular weight excluding hydrogens is 330 g/mol. The van der Waals surface area contributed by atoms with Crippen LogP contribution in [0, 0.1) is 0 Å². The highest BCUT2D eigenvalue weighted by molar-refractivity contribution is 8.14. The molecule has 0 aliphatic rings. The fourth-order valence-corrected chi connectivity index (χ4v) is 3.22. The van der Waals surface area contributed by atoms with E-state index >= 15 is 0 Å². The van der Waals surface area contributed by atoms with E-state index in [1.807, 2.05) is 60.7 Å². The Morgan fingerprint density at radius 3 is 1.96 bits per heavy atom. The molecule has 1 amide bonds. The zero-order valence-corrected chi connectivity index (χ0v) is 14.3. The minimum atomic E-state index is -0.130. The molecule has 3 aromatic carbocycles. The quantitative estimate of drug-likeness (QED) is 0.689. The molecule has 25 heavy (non-hydrogen) atoms. The molecule has 1 N–H and O–H groups in total. The highest BCUT2D eigenvalue weighted by Crippen LogP contribution is 2.26. The summed E-state index contributed by atoms with van der Waals surface area (Å²) in [4.78, 5) is 25.4. The molecule has 0 fully saturated rings. The van der Waals surface area contributed by atoms with Gasteiger partial charge < -0.3 is 5.32 Å². The molecule has 4 heteroatoms. The number of thioether (sulfide) groups is 1. The van der Waals surface area contributed by atoms with Crippen LogP contribution in [-0.2, 0) is 6.54 Å². The molecule has 0 spiro atoms. The molecule has 0 radical (unpaired) electrons. The van der Waals surface area contributed by atoms with Gasteiger partial charge in [0, 0.05) is 22.6 Å². The average molecular weight is 347 g/mol. The van der Waals surface area contributed by atoms with E-state index in [0.717, 1.165) is 10.5 Å². The maximum Gasteiger partial charge on any atom is 0.251 e. The highest BCUT2D eigenvalue weighted by Gasteiger charge is 2.12. The summed E-state index contributed by atoms with van der Waals surface area (Å²) >= 11 is 1.18. The number of carbonyl (C=O) groups excluding carboxylic acids is 2. The van der Waals surface area contributed by atoms with Crippen LogP contribution in [0.2, 0.25) is 0 Å². The third kappa shape index (κ3) is 4.58. The van der Waals surface area contributed by atoms with Gasteiger partial charge in [-0.2, -0.15) is 0 Å². The topological polar surface area (TPSA) is 46.2 Å². The van der Waals surface area contributed by atoms with Crippen molar-refractivity contribution < 1.29 is 9.59 Å². The summed E-state index contributed by atoms with van der Waals surface area (Å²) in [6.45, 7) is 0.374. The first-order valence-electron chi connectivity index (χ1n) is 7.92. The maximum atomic E-state index is 12.4. The summed E-state index contributed by atoms with van der Waals surface area (Å²) in [6, 6.07) is 25.9. The predicted octanol–water partition coefficient (Wildman–Crippen LogP) is 4.55. The fraction of sp³-hybridized carbons (Fsp3) is 0.0476. The van der Waals surface area contributed by atoms with E-state index in [-0.39, 0.29) is 11.0 Å². The molecule has 0 atom stereocenters. The van der Waals surface area contributed by atoms with E-state index in [2.05, 4.69) is 5.32 Å². The van der Waals surface area contributed by atoms with Gasteiger partial charge in [-0.15, -0.1) is 0 Å². The maximum absolute atomic E-state index is 12.4. The third-order valence-corrected chi connectivity index (χ3v) is 4.70. The first-order valence-corrected chi connectivity index (χ1v) is 8.74. The molecule has 124 valence electrons. The number of amides is 1. The Kier molecular flexibility index (Phi) is 5.65. The standard InChI is InChI=1S/C21H17NO2S/c23-20(16-9-3-1-4-10-16)22-15-18-13-7-8-14-19(18)25-21(24)17-11-5-2-6-12-17/h1-14H,15H2,(H,22,23). The molecule has 0 saturated carbocycles. The van der Waals surface area contributed by atoms with E-state index < -0.39 is 0 Å². The van der Waals surface area contributed by atoms with Crippen molar-refractivity contribution >= 4 is 22.8 Å². The van der Waals surface area contributed by atoms with Crippen molar-refractivity contribution in [1.29, 1.82) is 0 Å². The lowest BCUT2D eigenvalue weighted by atomic mass is 10.2. The molecule has 3 rings (SSSR count). The van der Waals surface area contributed by atoms with Gasteiger partial charge in [0.15, 0.2) is 0 Å². The van der Waals surface area contributed by atoms with Gasteiger partial charge >= 0.3 is 0 Å². The Bertz CT molecular complexity index is 863. The van der Waals surface area contributed by atoms with Gasteiger partial charge in [-0.3, -0.25) is 9.59 Å². The fourth-order valence-electron chi connectivity index (χ4n) is 2.35. The molecule has 0 aliphatic heterocycles. The third-order valence-electron chi connectivity index (χ3n) is 3.66. The van der Waals surface area contributed by atoms with Crippen LogP contribution >= 0.6 is 11.8 Å². The van der Waals surface area contributed by atoms with Crippen molar-refractivity contribution in [3.8, 4) is 0 Å². The van der Waals surface area contributed by atoms with Gasteiger partial charge in [-0.25, -0.2) is 0 Å². The van der Waals surface area contributed by atoms with E-state index in [9.17, 15) is 9.59 Å². The Labute approximate surface area is 151 Å². The van der Waals surface area contributed by atoms with E-state index in [1.165, 1.54) is 11.8 Å². The summed E-state index contributed by atoms with van der Waals surface area (Å²) in [6.07, 6.45) is 0. The molecule has 3 aromatic rings. The minimum Gasteiger partial charge on any atom is -0.348 e. The van der Waals surface area contributed by atoms with Crippen LogP contribution in [-0.4, -0.2) is 11.0 Å². The van der Waals surface area contributed by atoms with Crippen molar-refractivity contribution in [3.63, 3.8) is 0 Å². The second-order valence-corrected chi connectivity index (χ2v) is 6.43. The van der Waals surface area contributed by atoms with Crippen LogP contribution in [0.4, 0.5) is 0 Å². The van der Waals surface area contributed by atoms with Crippen molar-refractivity contribution in [2.75, 3.05) is 0 Å². The van der Waals surface area contributed by atoms with Crippen LogP contribution < -0.4 is 5.32 Å². The number of carbonyl (C=O) groups is 2. The van der Waals surface area contributed by atoms with Gasteiger partial charge in [0.2, 0.25) is 5.12 Å². The lowest BCUT2D eigenvalue weighted by Gasteiger charge is -2.10. The van der Waals surface area contributed by atoms with Crippen LogP contribution in [0.5, 0.6) is 0 Å². The molecule has 3 nitrogen and oxygen atoms in total. The Morgan fingerprint density at radius 2 is 1.28 bits per heavy atom. The van der Waals surface area contributed by atoms with Gasteiger partial charge in [0.25, 0.3) is 5.91 Å². The van der Waals surface area contributed by atoms with Crippen molar-refractivity contribution in [2.24, 2.45) is 0 Å². The average Bonchev–Trinajstić information content (AvgIpc) is 2.68. The number of hydrogen-bond donors (Lipinski definition) is 1. The lowest BCUT2D eigenvalue weighted by Crippen LogP contribution is -2.23. The second-order valence-electron chi connectivity index (χ2n) is 5.41. The molecule has 0 aliphatic carbocycles. The summed E-state index contributed by atoms with van der Waals surface area (Å²) in [5.74, 6) is -0.130. The van der Waals surface area contributed by atoms with Crippen LogP contribution in [0.15, 0.2) is 89.8 Å². The van der Waals surface area contributed by atoms with Crippen molar-refractivity contribution in [2.45, 2.75) is 11.4 Å². The van der Waals surface area contributed by atoms with Gasteiger partial charge in [-0.1, -0.05) is 66.7 Å². The smallest absolute Gasteiger partial charge is 0.251 e. The second kappa shape index (κ2) is 8.31. The largest absolute Gasteiger partial charge is 0.348 e. The first kappa shape index (κ1) is 17.0. The zero-order chi connectivity index (χ0) is 17.5. The predicted molar refractivity (Wildman–Crippen MR) is 101 cm³/mol. The number of hydrogen-bond acceptors (Lipinski definition) is 3. The highest BCUT2D eigenvalue weighted by atomic mass is 32.2. The summed E-state index contributed by atoms with van der Waals surface area (Å²) in [7, 11) is 0. The van der Waals surface area contributed by atoms with Crippen LogP contribution in [0.3, 0.4) is 0 Å². The molecule has 0 bridgehead atoms. The van der Waals surface area contributed by atoms with Gasteiger partial charge in [-0.05, 0) is 35.5 Å². The Hall–Kier alpha value is -2.85. The van der Waals surface area contributed by atoms with Crippen molar-refractivity contribution in [1.82, 2.24) is 5.32 Å². The first-order chi connectivity index (χ1) is 12.2. The Morgan fingerprint density at radius 1 is 0.720 bits per heavy atom. The normalized spacial score (nSPS) is 10.2. The minimum absolute atomic E-state index is 0.0116. The van der Waals surface area contributed by atoms with Gasteiger partial charge in [0.1, 0.15) is 0 Å². The number of nitrogens with one attached hydrogen (secondary N) is 1. The SMILES string of the molecule is O=C(NCc1ccccc1SC(=O)c1ccccc1)c1ccccc1. The molecule has 0 unspecified atom stereocenters. The number of rotatable bonds is 5. The molecule has 0 aromatic heterocycles. The zero-order valence-electron chi connectivity index (χ0n) is 13.5. The molecular formula is C21H17NO2S. The monoisotopic (exact) mass is 347 g/mol. The molecule has 0 saturated heterocycles. The van der Waals surface area contributed by atoms with E-state index in [1.54, 1.807) is 24.3 Å².